The van der Waals surface area contributed by atoms with Crippen LogP contribution < -0.4 is 0 Å². The Kier molecular flexibility index (Phi) is 11.3. The first-order valence-corrected chi connectivity index (χ1v) is 6.80. The molecule has 0 aromatic carbocycles. The predicted molar refractivity (Wildman–Crippen MR) is 69.8 cm³/mol. The lowest BCUT2D eigenvalue weighted by Crippen LogP contribution is -2.01. The maximum atomic E-state index is 5.11. The van der Waals surface area contributed by atoms with Gasteiger partial charge in [-0.15, -0.1) is 0 Å². The molecule has 0 aliphatic heterocycles. The quantitative estimate of drug-likeness (QED) is 0.685. The van der Waals surface area contributed by atoms with Crippen LogP contribution in [0.2, 0.25) is 0 Å². The summed E-state index contributed by atoms with van der Waals surface area (Å²) in [5.41, 5.74) is 0. The minimum absolute atomic E-state index is 0.597. The van der Waals surface area contributed by atoms with Crippen LogP contribution in [0.4, 0.5) is 0 Å². The fourth-order valence-corrected chi connectivity index (χ4v) is 2.11. The summed E-state index contributed by atoms with van der Waals surface area (Å²) in [5.74, 6) is 0.880. The Bertz CT molecular complexity index is 127. The van der Waals surface area contributed by atoms with Crippen LogP contribution in [0.15, 0.2) is 0 Å². The molecule has 0 heterocycles. The average molecular weight is 230 g/mol. The lowest BCUT2D eigenvalue weighted by molar-refractivity contribution is 0.109. The lowest BCUT2D eigenvalue weighted by Gasteiger charge is -2.09. The number of hydrogen-bond acceptors (Lipinski definition) is 2. The van der Waals surface area contributed by atoms with Gasteiger partial charge in [-0.3, -0.25) is 0 Å². The second kappa shape index (κ2) is 11.4. The van der Waals surface area contributed by atoms with Gasteiger partial charge in [-0.05, 0) is 25.2 Å². The van der Waals surface area contributed by atoms with Crippen molar-refractivity contribution in [3.63, 3.8) is 0 Å². The molecule has 1 saturated carbocycles. The van der Waals surface area contributed by atoms with Gasteiger partial charge in [0.1, 0.15) is 0 Å². The number of ether oxygens (including phenoxy) is 2. The summed E-state index contributed by atoms with van der Waals surface area (Å²) in [5, 5.41) is 0. The second-order valence-electron chi connectivity index (χ2n) is 4.61. The van der Waals surface area contributed by atoms with Gasteiger partial charge in [-0.25, -0.2) is 0 Å². The van der Waals surface area contributed by atoms with Crippen LogP contribution >= 0.6 is 0 Å². The first-order chi connectivity index (χ1) is 7.78. The topological polar surface area (TPSA) is 18.5 Å². The van der Waals surface area contributed by atoms with Crippen molar-refractivity contribution in [2.45, 2.75) is 64.9 Å². The maximum absolute atomic E-state index is 5.11. The number of hydrogen-bond donors (Lipinski definition) is 0. The third-order valence-corrected chi connectivity index (χ3v) is 3.52. The van der Waals surface area contributed by atoms with Crippen molar-refractivity contribution >= 4 is 0 Å². The summed E-state index contributed by atoms with van der Waals surface area (Å²) in [6.07, 6.45) is 9.73. The summed E-state index contributed by atoms with van der Waals surface area (Å²) in [6, 6.07) is 0. The molecule has 1 rings (SSSR count). The van der Waals surface area contributed by atoms with Gasteiger partial charge in [0.15, 0.2) is 0 Å². The summed E-state index contributed by atoms with van der Waals surface area (Å²) in [6.45, 7) is 5.40. The van der Waals surface area contributed by atoms with E-state index in [1.165, 1.54) is 44.9 Å². The molecule has 16 heavy (non-hydrogen) atoms. The molecular formula is C14H30O2. The van der Waals surface area contributed by atoms with E-state index in [1.807, 2.05) is 0 Å². The van der Waals surface area contributed by atoms with E-state index < -0.39 is 0 Å². The highest BCUT2D eigenvalue weighted by Crippen LogP contribution is 2.19. The average Bonchev–Trinajstić information content (AvgIpc) is 2.84. The summed E-state index contributed by atoms with van der Waals surface area (Å²) >= 11 is 0. The van der Waals surface area contributed by atoms with Crippen LogP contribution in [0.3, 0.4) is 0 Å². The van der Waals surface area contributed by atoms with Gasteiger partial charge in [0.05, 0.1) is 6.10 Å². The van der Waals surface area contributed by atoms with Crippen molar-refractivity contribution in [2.75, 3.05) is 20.8 Å². The Labute approximate surface area is 102 Å². The molecule has 0 unspecified atom stereocenters. The smallest absolute Gasteiger partial charge is 0.0571 e. The normalized spacial score (nSPS) is 16.3. The van der Waals surface area contributed by atoms with Crippen molar-refractivity contribution < 1.29 is 9.47 Å². The summed E-state index contributed by atoms with van der Waals surface area (Å²) in [4.78, 5) is 0. The van der Waals surface area contributed by atoms with Gasteiger partial charge in [-0.2, -0.15) is 0 Å². The second-order valence-corrected chi connectivity index (χ2v) is 4.61. The van der Waals surface area contributed by atoms with Crippen LogP contribution in [0.25, 0.3) is 0 Å². The van der Waals surface area contributed by atoms with E-state index in [0.717, 1.165) is 12.5 Å². The molecule has 1 aliphatic carbocycles. The van der Waals surface area contributed by atoms with Crippen LogP contribution in [0.5, 0.6) is 0 Å². The highest BCUT2D eigenvalue weighted by atomic mass is 16.5. The Morgan fingerprint density at radius 1 is 1.06 bits per heavy atom. The zero-order valence-electron chi connectivity index (χ0n) is 11.6. The van der Waals surface area contributed by atoms with Crippen molar-refractivity contribution in [3.8, 4) is 0 Å². The van der Waals surface area contributed by atoms with E-state index >= 15 is 0 Å². The lowest BCUT2D eigenvalue weighted by atomic mass is 10.0. The highest BCUT2D eigenvalue weighted by Gasteiger charge is 2.12. The minimum atomic E-state index is 0.597. The van der Waals surface area contributed by atoms with E-state index in [-0.39, 0.29) is 0 Å². The highest BCUT2D eigenvalue weighted by molar-refractivity contribution is 4.65. The van der Waals surface area contributed by atoms with E-state index in [0.29, 0.717) is 6.10 Å². The minimum Gasteiger partial charge on any atom is -0.385 e. The molecule has 0 spiro atoms. The summed E-state index contributed by atoms with van der Waals surface area (Å²) < 4.78 is 10.1. The maximum Gasteiger partial charge on any atom is 0.0571 e. The van der Waals surface area contributed by atoms with Gasteiger partial charge >= 0.3 is 0 Å². The van der Waals surface area contributed by atoms with Crippen molar-refractivity contribution in [1.82, 2.24) is 0 Å². The van der Waals surface area contributed by atoms with Crippen molar-refractivity contribution in [3.05, 3.63) is 0 Å². The van der Waals surface area contributed by atoms with Crippen LogP contribution in [-0.4, -0.2) is 26.9 Å². The molecule has 2 nitrogen and oxygen atoms in total. The molecule has 2 heteroatoms. The first-order valence-electron chi connectivity index (χ1n) is 6.80. The van der Waals surface area contributed by atoms with E-state index in [4.69, 9.17) is 9.47 Å². The van der Waals surface area contributed by atoms with Gasteiger partial charge in [0.25, 0.3) is 0 Å². The Balaban J connectivity index is 0.000000288. The molecule has 0 aromatic rings. The third-order valence-electron chi connectivity index (χ3n) is 3.52. The fraction of sp³-hybridized carbons (Fsp3) is 1.00. The van der Waals surface area contributed by atoms with Gasteiger partial charge in [0, 0.05) is 20.8 Å². The summed E-state index contributed by atoms with van der Waals surface area (Å²) in [7, 11) is 3.57. The van der Waals surface area contributed by atoms with Crippen LogP contribution in [0.1, 0.15) is 58.8 Å². The number of methoxy groups -OCH3 is 2. The SMILES string of the molecule is CCC(CC)CCOC.COC1CCCC1. The molecule has 1 aliphatic rings. The van der Waals surface area contributed by atoms with Crippen LogP contribution in [0, 0.1) is 5.92 Å². The standard InChI is InChI=1S/C8H18O.C6H12O/c1-4-8(5-2)6-7-9-3;1-7-6-4-2-3-5-6/h8H,4-7H2,1-3H3;6H,2-5H2,1H3. The molecule has 98 valence electrons. The fourth-order valence-electron chi connectivity index (χ4n) is 2.11. The monoisotopic (exact) mass is 230 g/mol. The van der Waals surface area contributed by atoms with E-state index in [2.05, 4.69) is 13.8 Å². The Morgan fingerprint density at radius 3 is 1.94 bits per heavy atom. The first kappa shape index (κ1) is 15.9. The third kappa shape index (κ3) is 8.12. The molecule has 0 aromatic heterocycles. The van der Waals surface area contributed by atoms with Crippen molar-refractivity contribution in [1.29, 1.82) is 0 Å². The van der Waals surface area contributed by atoms with Gasteiger partial charge < -0.3 is 9.47 Å². The molecule has 0 bridgehead atoms. The Morgan fingerprint density at radius 2 is 1.62 bits per heavy atom. The van der Waals surface area contributed by atoms with E-state index in [1.54, 1.807) is 14.2 Å². The van der Waals surface area contributed by atoms with Gasteiger partial charge in [-0.1, -0.05) is 39.5 Å². The van der Waals surface area contributed by atoms with Crippen LogP contribution in [-0.2, 0) is 9.47 Å². The largest absolute Gasteiger partial charge is 0.385 e. The van der Waals surface area contributed by atoms with E-state index in [9.17, 15) is 0 Å². The molecule has 0 amide bonds. The molecule has 0 N–H and O–H groups in total. The van der Waals surface area contributed by atoms with Crippen molar-refractivity contribution in [2.24, 2.45) is 5.92 Å². The molecule has 1 fully saturated rings. The zero-order valence-corrected chi connectivity index (χ0v) is 11.6. The zero-order chi connectivity index (χ0) is 12.2. The Hall–Kier alpha value is -0.0800. The number of rotatable bonds is 6. The molecule has 0 saturated heterocycles. The van der Waals surface area contributed by atoms with Gasteiger partial charge in [0.2, 0.25) is 0 Å². The molecular weight excluding hydrogens is 200 g/mol. The molecule has 0 radical (unpaired) electrons. The predicted octanol–water partition coefficient (Wildman–Crippen LogP) is 4.03. The molecule has 0 atom stereocenters.